The molecule has 9 atom stereocenters. The van der Waals surface area contributed by atoms with E-state index in [1.165, 1.54) is 19.3 Å². The van der Waals surface area contributed by atoms with Crippen LogP contribution in [0.4, 0.5) is 4.39 Å². The van der Waals surface area contributed by atoms with Crippen LogP contribution in [0.25, 0.3) is 0 Å². The van der Waals surface area contributed by atoms with Gasteiger partial charge in [0.1, 0.15) is 6.17 Å². The summed E-state index contributed by atoms with van der Waals surface area (Å²) >= 11 is 7.33. The highest BCUT2D eigenvalue weighted by Crippen LogP contribution is 2.72. The summed E-state index contributed by atoms with van der Waals surface area (Å²) in [4.78, 5) is 36.5. The lowest BCUT2D eigenvalue weighted by Gasteiger charge is -2.64. The number of rotatable bonds is 3. The van der Waals surface area contributed by atoms with Gasteiger partial charge < -0.3 is 14.6 Å². The molecule has 4 aliphatic rings. The standard InChI is InChI=1S/C25H32ClFO6/c1-6-20(30)33-25(21(31)32-5)13(2)9-15-16-11-18(27)17-10-14(28)7-8-22(17,3)24(16,26)19(29)12-23(15,25)4/h7-8,10,13,15-16,18-19,29H,6,9,11-12H2,1-5H3/t13-,15-,16-,18-,19-,22-,23-,24-,25-/m0/s1. The molecule has 0 heterocycles. The Hall–Kier alpha value is -1.73. The van der Waals surface area contributed by atoms with Crippen LogP contribution in [0, 0.1) is 28.6 Å². The van der Waals surface area contributed by atoms with E-state index in [-0.39, 0.29) is 36.5 Å². The molecular formula is C25H32ClFO6. The molecule has 0 aliphatic heterocycles. The maximum atomic E-state index is 15.6. The number of carbonyl (C=O) groups excluding carboxylic acids is 3. The van der Waals surface area contributed by atoms with Crippen molar-refractivity contribution in [2.75, 3.05) is 7.11 Å². The normalized spacial score (nSPS) is 48.3. The highest BCUT2D eigenvalue weighted by molar-refractivity contribution is 6.26. The second-order valence-corrected chi connectivity index (χ2v) is 11.2. The minimum absolute atomic E-state index is 0.00898. The number of carbonyl (C=O) groups is 3. The van der Waals surface area contributed by atoms with E-state index in [1.54, 1.807) is 19.9 Å². The van der Waals surface area contributed by atoms with Crippen molar-refractivity contribution in [2.24, 2.45) is 28.6 Å². The molecule has 0 amide bonds. The lowest BCUT2D eigenvalue weighted by Crippen LogP contribution is -2.70. The molecule has 0 spiro atoms. The molecule has 0 unspecified atom stereocenters. The van der Waals surface area contributed by atoms with Gasteiger partial charge in [0.2, 0.25) is 5.60 Å². The van der Waals surface area contributed by atoms with E-state index in [0.29, 0.717) is 6.42 Å². The first kappa shape index (κ1) is 24.4. The third-order valence-electron chi connectivity index (χ3n) is 9.22. The Labute approximate surface area is 198 Å². The summed E-state index contributed by atoms with van der Waals surface area (Å²) in [7, 11) is 1.25. The Morgan fingerprint density at radius 3 is 2.55 bits per heavy atom. The minimum Gasteiger partial charge on any atom is -0.466 e. The molecule has 0 aromatic carbocycles. The monoisotopic (exact) mass is 482 g/mol. The van der Waals surface area contributed by atoms with Gasteiger partial charge in [0, 0.05) is 23.2 Å². The highest BCUT2D eigenvalue weighted by Gasteiger charge is 2.77. The fourth-order valence-electron chi connectivity index (χ4n) is 7.62. The number of hydrogen-bond donors (Lipinski definition) is 1. The zero-order chi connectivity index (χ0) is 24.6. The SMILES string of the molecule is CCC(=O)O[C@]1(C(=O)OC)[C@@H](C)C[C@H]2[C@@H]3C[C@H](F)C4=CC(=O)C=C[C@]4(C)[C@@]3(Cl)[C@@H](O)C[C@@]21C. The molecular weight excluding hydrogens is 451 g/mol. The lowest BCUT2D eigenvalue weighted by atomic mass is 9.45. The van der Waals surface area contributed by atoms with Crippen molar-refractivity contribution in [1.82, 2.24) is 0 Å². The molecule has 0 aromatic rings. The molecule has 4 rings (SSSR count). The van der Waals surface area contributed by atoms with E-state index in [9.17, 15) is 19.5 Å². The number of methoxy groups -OCH3 is 1. The maximum Gasteiger partial charge on any atom is 0.351 e. The van der Waals surface area contributed by atoms with Gasteiger partial charge in [-0.2, -0.15) is 0 Å². The molecule has 1 N–H and O–H groups in total. The summed E-state index contributed by atoms with van der Waals surface area (Å²) in [6, 6.07) is 0. The lowest BCUT2D eigenvalue weighted by molar-refractivity contribution is -0.215. The molecule has 182 valence electrons. The number of ether oxygens (including phenoxy) is 2. The smallest absolute Gasteiger partial charge is 0.351 e. The van der Waals surface area contributed by atoms with Crippen molar-refractivity contribution in [1.29, 1.82) is 0 Å². The second-order valence-electron chi connectivity index (χ2n) is 10.6. The van der Waals surface area contributed by atoms with E-state index < -0.39 is 57.4 Å². The maximum absolute atomic E-state index is 15.6. The van der Waals surface area contributed by atoms with Crippen LogP contribution in [0.15, 0.2) is 23.8 Å². The van der Waals surface area contributed by atoms with Crippen LogP contribution in [0.3, 0.4) is 0 Å². The van der Waals surface area contributed by atoms with Gasteiger partial charge in [-0.15, -0.1) is 11.6 Å². The summed E-state index contributed by atoms with van der Waals surface area (Å²) in [6.07, 6.45) is 2.33. The van der Waals surface area contributed by atoms with Gasteiger partial charge in [-0.3, -0.25) is 9.59 Å². The van der Waals surface area contributed by atoms with Gasteiger partial charge in [0.05, 0.1) is 18.1 Å². The third kappa shape index (κ3) is 2.84. The predicted molar refractivity (Wildman–Crippen MR) is 119 cm³/mol. The number of fused-ring (bicyclic) bond motifs is 5. The fraction of sp³-hybridized carbons (Fsp3) is 0.720. The molecule has 6 nitrogen and oxygen atoms in total. The first-order valence-corrected chi connectivity index (χ1v) is 12.0. The van der Waals surface area contributed by atoms with Crippen LogP contribution < -0.4 is 0 Å². The van der Waals surface area contributed by atoms with Crippen LogP contribution in [-0.2, 0) is 23.9 Å². The predicted octanol–water partition coefficient (Wildman–Crippen LogP) is 3.69. The highest BCUT2D eigenvalue weighted by atomic mass is 35.5. The van der Waals surface area contributed by atoms with Crippen LogP contribution in [0.1, 0.15) is 53.4 Å². The number of aliphatic hydroxyl groups excluding tert-OH is 1. The van der Waals surface area contributed by atoms with E-state index in [4.69, 9.17) is 21.1 Å². The summed E-state index contributed by atoms with van der Waals surface area (Å²) in [5.74, 6) is -2.78. The van der Waals surface area contributed by atoms with Crippen molar-refractivity contribution >= 4 is 29.3 Å². The van der Waals surface area contributed by atoms with Crippen molar-refractivity contribution in [2.45, 2.75) is 76.1 Å². The molecule has 0 saturated heterocycles. The van der Waals surface area contributed by atoms with Crippen molar-refractivity contribution < 1.29 is 33.4 Å². The van der Waals surface area contributed by atoms with E-state index >= 15 is 4.39 Å². The number of hydrogen-bond acceptors (Lipinski definition) is 6. The summed E-state index contributed by atoms with van der Waals surface area (Å²) in [5, 5.41) is 11.6. The number of allylic oxidation sites excluding steroid dienone is 4. The zero-order valence-corrected chi connectivity index (χ0v) is 20.4. The Bertz CT molecular complexity index is 963. The van der Waals surface area contributed by atoms with Gasteiger partial charge in [0.25, 0.3) is 0 Å². The van der Waals surface area contributed by atoms with E-state index in [2.05, 4.69) is 0 Å². The number of esters is 2. The minimum atomic E-state index is -1.61. The zero-order valence-electron chi connectivity index (χ0n) is 19.7. The Balaban J connectivity index is 1.88. The number of ketones is 1. The van der Waals surface area contributed by atoms with Crippen LogP contribution >= 0.6 is 11.6 Å². The second kappa shape index (κ2) is 7.64. The third-order valence-corrected chi connectivity index (χ3v) is 10.1. The molecule has 33 heavy (non-hydrogen) atoms. The largest absolute Gasteiger partial charge is 0.466 e. The van der Waals surface area contributed by atoms with Crippen molar-refractivity contribution in [3.8, 4) is 0 Å². The first-order chi connectivity index (χ1) is 15.3. The Morgan fingerprint density at radius 2 is 1.94 bits per heavy atom. The van der Waals surface area contributed by atoms with Gasteiger partial charge in [-0.05, 0) is 48.8 Å². The van der Waals surface area contributed by atoms with E-state index in [1.807, 2.05) is 13.8 Å². The van der Waals surface area contributed by atoms with Crippen LogP contribution in [0.5, 0.6) is 0 Å². The average Bonchev–Trinajstić information content (AvgIpc) is 2.98. The fourth-order valence-corrected chi connectivity index (χ4v) is 8.11. The van der Waals surface area contributed by atoms with E-state index in [0.717, 1.165) is 0 Å². The molecule has 4 aliphatic carbocycles. The summed E-state index contributed by atoms with van der Waals surface area (Å²) in [5.41, 5.74) is -3.42. The van der Waals surface area contributed by atoms with Crippen LogP contribution in [0.2, 0.25) is 0 Å². The van der Waals surface area contributed by atoms with Gasteiger partial charge >= 0.3 is 11.9 Å². The van der Waals surface area contributed by atoms with Crippen molar-refractivity contribution in [3.05, 3.63) is 23.8 Å². The molecule has 3 saturated carbocycles. The average molecular weight is 483 g/mol. The summed E-state index contributed by atoms with van der Waals surface area (Å²) in [6.45, 7) is 7.06. The van der Waals surface area contributed by atoms with Crippen LogP contribution in [-0.4, -0.2) is 52.7 Å². The van der Waals surface area contributed by atoms with Gasteiger partial charge in [0.15, 0.2) is 5.78 Å². The number of halogens is 2. The van der Waals surface area contributed by atoms with Gasteiger partial charge in [-0.1, -0.05) is 33.8 Å². The van der Waals surface area contributed by atoms with Crippen molar-refractivity contribution in [3.63, 3.8) is 0 Å². The Morgan fingerprint density at radius 1 is 1.27 bits per heavy atom. The number of alkyl halides is 2. The topological polar surface area (TPSA) is 89.9 Å². The molecule has 8 heteroatoms. The molecule has 3 fully saturated rings. The Kier molecular flexibility index (Phi) is 5.65. The molecule has 0 radical (unpaired) electrons. The molecule has 0 aromatic heterocycles. The summed E-state index contributed by atoms with van der Waals surface area (Å²) < 4.78 is 26.6. The van der Waals surface area contributed by atoms with Gasteiger partial charge in [-0.25, -0.2) is 9.18 Å². The number of aliphatic hydroxyl groups is 1. The quantitative estimate of drug-likeness (QED) is 0.487. The first-order valence-electron chi connectivity index (χ1n) is 11.6. The molecule has 0 bridgehead atoms.